The number of ether oxygens (including phenoxy) is 4. The zero-order chi connectivity index (χ0) is 23.7. The first-order valence-corrected chi connectivity index (χ1v) is 10.9. The van der Waals surface area contributed by atoms with Gasteiger partial charge in [0.2, 0.25) is 0 Å². The molecule has 2 aromatic heterocycles. The van der Waals surface area contributed by atoms with Gasteiger partial charge in [-0.25, -0.2) is 4.98 Å². The molecule has 0 spiro atoms. The van der Waals surface area contributed by atoms with E-state index in [1.165, 1.54) is 5.56 Å². The molecule has 0 saturated carbocycles. The average molecular weight is 456 g/mol. The zero-order valence-corrected chi connectivity index (χ0v) is 19.5. The van der Waals surface area contributed by atoms with Crippen LogP contribution >= 0.6 is 0 Å². The Morgan fingerprint density at radius 2 is 1.44 bits per heavy atom. The number of fused-ring (bicyclic) bond motifs is 3. The van der Waals surface area contributed by atoms with E-state index in [0.717, 1.165) is 33.1 Å². The number of aromatic amines is 1. The average Bonchev–Trinajstić information content (AvgIpc) is 3.29. The van der Waals surface area contributed by atoms with Crippen LogP contribution in [0.3, 0.4) is 0 Å². The molecule has 0 aliphatic heterocycles. The summed E-state index contributed by atoms with van der Waals surface area (Å²) in [6, 6.07) is 19.9. The zero-order valence-electron chi connectivity index (χ0n) is 19.5. The molecule has 7 heteroatoms. The van der Waals surface area contributed by atoms with Gasteiger partial charge in [-0.05, 0) is 35.9 Å². The van der Waals surface area contributed by atoms with E-state index < -0.39 is 0 Å². The SMILES string of the molecule is COc1ccc(OC)c(-c2nc3n[nH]c(Cc4ccccc4)c3c3cc(OC)c(OC)cc23)c1. The quantitative estimate of drug-likeness (QED) is 0.354. The molecule has 2 heterocycles. The van der Waals surface area contributed by atoms with Crippen LogP contribution in [0.15, 0.2) is 60.7 Å². The molecule has 1 N–H and O–H groups in total. The van der Waals surface area contributed by atoms with Crippen LogP contribution in [0.25, 0.3) is 33.1 Å². The van der Waals surface area contributed by atoms with Gasteiger partial charge in [-0.2, -0.15) is 5.10 Å². The Morgan fingerprint density at radius 1 is 0.735 bits per heavy atom. The number of hydrogen-bond donors (Lipinski definition) is 1. The first kappa shape index (κ1) is 21.6. The number of methoxy groups -OCH3 is 4. The van der Waals surface area contributed by atoms with Gasteiger partial charge in [0.25, 0.3) is 0 Å². The summed E-state index contributed by atoms with van der Waals surface area (Å²) in [4.78, 5) is 4.98. The van der Waals surface area contributed by atoms with E-state index in [2.05, 4.69) is 22.3 Å². The molecule has 0 saturated heterocycles. The highest BCUT2D eigenvalue weighted by Gasteiger charge is 2.21. The molecule has 0 aliphatic carbocycles. The van der Waals surface area contributed by atoms with Crippen molar-refractivity contribution in [3.05, 3.63) is 71.9 Å². The van der Waals surface area contributed by atoms with Gasteiger partial charge < -0.3 is 18.9 Å². The van der Waals surface area contributed by atoms with Gasteiger partial charge in [-0.15, -0.1) is 0 Å². The number of H-pyrrole nitrogens is 1. The second kappa shape index (κ2) is 8.94. The Balaban J connectivity index is 1.84. The fourth-order valence-corrected chi connectivity index (χ4v) is 4.31. The number of nitrogens with zero attached hydrogens (tertiary/aromatic N) is 2. The van der Waals surface area contributed by atoms with Crippen molar-refractivity contribution in [2.75, 3.05) is 28.4 Å². The highest BCUT2D eigenvalue weighted by molar-refractivity contribution is 6.12. The summed E-state index contributed by atoms with van der Waals surface area (Å²) in [5.74, 6) is 2.65. The van der Waals surface area contributed by atoms with Crippen LogP contribution in [-0.4, -0.2) is 43.6 Å². The smallest absolute Gasteiger partial charge is 0.182 e. The van der Waals surface area contributed by atoms with E-state index in [-0.39, 0.29) is 0 Å². The minimum absolute atomic E-state index is 0.616. The molecular weight excluding hydrogens is 430 g/mol. The molecule has 0 bridgehead atoms. The summed E-state index contributed by atoms with van der Waals surface area (Å²) in [7, 11) is 6.54. The molecule has 0 unspecified atom stereocenters. The molecule has 0 radical (unpaired) electrons. The summed E-state index contributed by atoms with van der Waals surface area (Å²) in [5, 5.41) is 10.6. The molecule has 0 atom stereocenters. The summed E-state index contributed by atoms with van der Waals surface area (Å²) in [5.41, 5.74) is 4.30. The van der Waals surface area contributed by atoms with Crippen LogP contribution < -0.4 is 18.9 Å². The third-order valence-corrected chi connectivity index (χ3v) is 5.97. The minimum Gasteiger partial charge on any atom is -0.497 e. The first-order chi connectivity index (χ1) is 16.7. The molecule has 5 rings (SSSR count). The molecule has 0 fully saturated rings. The second-order valence-electron chi connectivity index (χ2n) is 7.84. The van der Waals surface area contributed by atoms with Crippen LogP contribution in [0, 0.1) is 0 Å². The monoisotopic (exact) mass is 455 g/mol. The van der Waals surface area contributed by atoms with Gasteiger partial charge >= 0.3 is 0 Å². The molecule has 5 aromatic rings. The number of rotatable bonds is 7. The van der Waals surface area contributed by atoms with Gasteiger partial charge in [-0.3, -0.25) is 5.10 Å². The van der Waals surface area contributed by atoms with Crippen LogP contribution in [0.1, 0.15) is 11.3 Å². The van der Waals surface area contributed by atoms with Gasteiger partial charge in [0.1, 0.15) is 11.5 Å². The third kappa shape index (κ3) is 3.65. The molecule has 0 aliphatic rings. The number of aromatic nitrogens is 3. The lowest BCUT2D eigenvalue weighted by atomic mass is 9.98. The summed E-state index contributed by atoms with van der Waals surface area (Å²) in [6.45, 7) is 0. The normalized spacial score (nSPS) is 11.1. The van der Waals surface area contributed by atoms with Crippen LogP contribution in [0.2, 0.25) is 0 Å². The van der Waals surface area contributed by atoms with E-state index >= 15 is 0 Å². The van der Waals surface area contributed by atoms with Crippen LogP contribution in [0.4, 0.5) is 0 Å². The Labute approximate surface area is 197 Å². The number of pyridine rings is 1. The number of hydrogen-bond acceptors (Lipinski definition) is 6. The van der Waals surface area contributed by atoms with Crippen molar-refractivity contribution >= 4 is 21.8 Å². The third-order valence-electron chi connectivity index (χ3n) is 5.97. The van der Waals surface area contributed by atoms with E-state index in [9.17, 15) is 0 Å². The van der Waals surface area contributed by atoms with Crippen molar-refractivity contribution in [3.63, 3.8) is 0 Å². The maximum absolute atomic E-state index is 5.67. The van der Waals surface area contributed by atoms with E-state index in [1.807, 2.05) is 48.5 Å². The standard InChI is InChI=1S/C27H25N3O4/c1-31-17-10-11-22(32-2)20(13-17)26-19-15-24(34-4)23(33-3)14-18(19)25-21(29-30-27(25)28-26)12-16-8-6-5-7-9-16/h5-11,13-15H,12H2,1-4H3,(H,28,29,30). The largest absolute Gasteiger partial charge is 0.497 e. The van der Waals surface area contributed by atoms with Gasteiger partial charge in [0.05, 0.1) is 39.5 Å². The molecule has 0 amide bonds. The van der Waals surface area contributed by atoms with E-state index in [1.54, 1.807) is 28.4 Å². The van der Waals surface area contributed by atoms with Crippen molar-refractivity contribution in [3.8, 4) is 34.3 Å². The topological polar surface area (TPSA) is 78.5 Å². The number of nitrogens with one attached hydrogen (secondary N) is 1. The summed E-state index contributed by atoms with van der Waals surface area (Å²) < 4.78 is 22.4. The Morgan fingerprint density at radius 3 is 2.12 bits per heavy atom. The maximum Gasteiger partial charge on any atom is 0.182 e. The maximum atomic E-state index is 5.67. The Bertz CT molecular complexity index is 1480. The van der Waals surface area contributed by atoms with Crippen molar-refractivity contribution in [2.45, 2.75) is 6.42 Å². The predicted octanol–water partition coefficient (Wildman–Crippen LogP) is 5.40. The van der Waals surface area contributed by atoms with Gasteiger partial charge in [-0.1, -0.05) is 30.3 Å². The highest BCUT2D eigenvalue weighted by atomic mass is 16.5. The summed E-state index contributed by atoms with van der Waals surface area (Å²) >= 11 is 0. The lowest BCUT2D eigenvalue weighted by molar-refractivity contribution is 0.356. The number of benzene rings is 3. The highest BCUT2D eigenvalue weighted by Crippen LogP contribution is 2.43. The molecule has 34 heavy (non-hydrogen) atoms. The van der Waals surface area contributed by atoms with Crippen molar-refractivity contribution in [1.29, 1.82) is 0 Å². The van der Waals surface area contributed by atoms with Crippen molar-refractivity contribution in [1.82, 2.24) is 15.2 Å². The molecular formula is C27H25N3O4. The lowest BCUT2D eigenvalue weighted by Gasteiger charge is -2.15. The van der Waals surface area contributed by atoms with E-state index in [4.69, 9.17) is 23.9 Å². The second-order valence-corrected chi connectivity index (χ2v) is 7.84. The fraction of sp³-hybridized carbons (Fsp3) is 0.185. The first-order valence-electron chi connectivity index (χ1n) is 10.9. The molecule has 3 aromatic carbocycles. The van der Waals surface area contributed by atoms with Crippen molar-refractivity contribution < 1.29 is 18.9 Å². The van der Waals surface area contributed by atoms with Gasteiger partial charge in [0.15, 0.2) is 17.1 Å². The Kier molecular flexibility index (Phi) is 5.67. The van der Waals surface area contributed by atoms with Crippen LogP contribution in [0.5, 0.6) is 23.0 Å². The fourth-order valence-electron chi connectivity index (χ4n) is 4.31. The lowest BCUT2D eigenvalue weighted by Crippen LogP contribution is -1.97. The van der Waals surface area contributed by atoms with E-state index in [0.29, 0.717) is 35.1 Å². The van der Waals surface area contributed by atoms with Gasteiger partial charge in [0, 0.05) is 28.5 Å². The Hall–Kier alpha value is -4.26. The van der Waals surface area contributed by atoms with Crippen LogP contribution in [-0.2, 0) is 6.42 Å². The minimum atomic E-state index is 0.616. The van der Waals surface area contributed by atoms with Crippen molar-refractivity contribution in [2.24, 2.45) is 0 Å². The molecule has 7 nitrogen and oxygen atoms in total. The molecule has 172 valence electrons. The predicted molar refractivity (Wildman–Crippen MR) is 132 cm³/mol. The summed E-state index contributed by atoms with van der Waals surface area (Å²) in [6.07, 6.45) is 0.699.